The molecule has 0 heterocycles. The molecule has 0 aliphatic carbocycles. The maximum absolute atomic E-state index is 5.80. The molecule has 0 aliphatic rings. The Morgan fingerprint density at radius 3 is 2.03 bits per heavy atom. The fraction of sp³-hybridized carbons (Fsp3) is 0.308. The third kappa shape index (κ3) is 6.65. The quantitative estimate of drug-likeness (QED) is 0.424. The Labute approximate surface area is 174 Å². The van der Waals surface area contributed by atoms with E-state index >= 15 is 0 Å². The van der Waals surface area contributed by atoms with Crippen LogP contribution in [0.25, 0.3) is 0 Å². The van der Waals surface area contributed by atoms with Crippen LogP contribution in [0.4, 0.5) is 0 Å². The van der Waals surface area contributed by atoms with E-state index in [1.165, 1.54) is 16.7 Å². The topological polar surface area (TPSA) is 30.5 Å². The maximum Gasteiger partial charge on any atom is 0.122 e. The Morgan fingerprint density at radius 2 is 1.38 bits per heavy atom. The summed E-state index contributed by atoms with van der Waals surface area (Å²) in [6, 6.07) is 27.2. The van der Waals surface area contributed by atoms with Gasteiger partial charge in [-0.25, -0.2) is 0 Å². The molecule has 3 aromatic rings. The van der Waals surface area contributed by atoms with Crippen LogP contribution in [0.5, 0.6) is 11.5 Å². The second kappa shape index (κ2) is 11.3. The molecule has 0 amide bonds. The van der Waals surface area contributed by atoms with Crippen molar-refractivity contribution >= 4 is 0 Å². The van der Waals surface area contributed by atoms with E-state index in [9.17, 15) is 0 Å². The molecule has 3 heteroatoms. The molecule has 3 aromatic carbocycles. The molecule has 0 bridgehead atoms. The normalized spacial score (nSPS) is 11.8. The summed E-state index contributed by atoms with van der Waals surface area (Å²) >= 11 is 0. The van der Waals surface area contributed by atoms with Gasteiger partial charge in [0.25, 0.3) is 0 Å². The van der Waals surface area contributed by atoms with Gasteiger partial charge in [-0.05, 0) is 67.3 Å². The average molecular weight is 390 g/mol. The van der Waals surface area contributed by atoms with Crippen molar-refractivity contribution in [1.29, 1.82) is 0 Å². The second-order valence-corrected chi connectivity index (χ2v) is 7.17. The summed E-state index contributed by atoms with van der Waals surface area (Å²) in [4.78, 5) is 0. The summed E-state index contributed by atoms with van der Waals surface area (Å²) in [6.45, 7) is 6.43. The van der Waals surface area contributed by atoms with E-state index in [1.54, 1.807) is 0 Å². The number of hydrogen-bond acceptors (Lipinski definition) is 3. The molecule has 0 aliphatic heterocycles. The largest absolute Gasteiger partial charge is 0.490 e. The Balaban J connectivity index is 1.43. The highest BCUT2D eigenvalue weighted by Crippen LogP contribution is 2.20. The highest BCUT2D eigenvalue weighted by Gasteiger charge is 2.09. The molecular weight excluding hydrogens is 358 g/mol. The van der Waals surface area contributed by atoms with E-state index in [2.05, 4.69) is 55.6 Å². The Morgan fingerprint density at radius 1 is 0.759 bits per heavy atom. The zero-order valence-corrected chi connectivity index (χ0v) is 17.4. The number of benzene rings is 3. The molecule has 0 fully saturated rings. The lowest BCUT2D eigenvalue weighted by molar-refractivity contribution is 0.217. The summed E-state index contributed by atoms with van der Waals surface area (Å²) < 4.78 is 11.5. The molecule has 0 spiro atoms. The first-order chi connectivity index (χ1) is 14.3. The van der Waals surface area contributed by atoms with Gasteiger partial charge < -0.3 is 14.8 Å². The standard InChI is InChI=1S/C26H31NO2/c1-3-26(27-18-17-22-10-8-7-9-21(22)2)23-13-15-25(16-14-23)29-20-19-28-24-11-5-4-6-12-24/h4-16,26-27H,3,17-20H2,1-2H3. The average Bonchev–Trinajstić information content (AvgIpc) is 2.77. The first kappa shape index (κ1) is 20.9. The number of ether oxygens (including phenoxy) is 2. The van der Waals surface area contributed by atoms with Gasteiger partial charge in [-0.15, -0.1) is 0 Å². The van der Waals surface area contributed by atoms with Gasteiger partial charge in [0.15, 0.2) is 0 Å². The van der Waals surface area contributed by atoms with Crippen LogP contribution in [0, 0.1) is 6.92 Å². The molecule has 1 unspecified atom stereocenters. The minimum Gasteiger partial charge on any atom is -0.490 e. The molecule has 3 nitrogen and oxygen atoms in total. The molecule has 1 atom stereocenters. The Hall–Kier alpha value is -2.78. The molecule has 0 radical (unpaired) electrons. The van der Waals surface area contributed by atoms with Crippen molar-refractivity contribution in [1.82, 2.24) is 5.32 Å². The van der Waals surface area contributed by atoms with Crippen LogP contribution >= 0.6 is 0 Å². The van der Waals surface area contributed by atoms with Gasteiger partial charge in [0, 0.05) is 6.04 Å². The van der Waals surface area contributed by atoms with E-state index in [0.29, 0.717) is 19.3 Å². The zero-order valence-electron chi connectivity index (χ0n) is 17.4. The van der Waals surface area contributed by atoms with Crippen LogP contribution in [0.1, 0.15) is 36.1 Å². The summed E-state index contributed by atoms with van der Waals surface area (Å²) in [5.41, 5.74) is 4.07. The first-order valence-corrected chi connectivity index (χ1v) is 10.4. The number of aryl methyl sites for hydroxylation is 1. The van der Waals surface area contributed by atoms with E-state index in [0.717, 1.165) is 30.9 Å². The van der Waals surface area contributed by atoms with Gasteiger partial charge in [-0.3, -0.25) is 0 Å². The van der Waals surface area contributed by atoms with Gasteiger partial charge in [0.2, 0.25) is 0 Å². The van der Waals surface area contributed by atoms with Gasteiger partial charge in [0.05, 0.1) is 0 Å². The summed E-state index contributed by atoms with van der Waals surface area (Å²) in [7, 11) is 0. The molecule has 0 saturated heterocycles. The molecule has 3 rings (SSSR count). The number of hydrogen-bond donors (Lipinski definition) is 1. The second-order valence-electron chi connectivity index (χ2n) is 7.17. The van der Waals surface area contributed by atoms with Crippen LogP contribution in [0.2, 0.25) is 0 Å². The van der Waals surface area contributed by atoms with E-state index in [1.807, 2.05) is 42.5 Å². The Bertz CT molecular complexity index is 846. The Kier molecular flexibility index (Phi) is 8.14. The van der Waals surface area contributed by atoms with E-state index in [-0.39, 0.29) is 0 Å². The number of rotatable bonds is 11. The third-order valence-electron chi connectivity index (χ3n) is 5.10. The van der Waals surface area contributed by atoms with Gasteiger partial charge in [0.1, 0.15) is 24.7 Å². The molecule has 152 valence electrons. The van der Waals surface area contributed by atoms with Crippen LogP contribution in [0.3, 0.4) is 0 Å². The van der Waals surface area contributed by atoms with Crippen molar-refractivity contribution in [2.45, 2.75) is 32.7 Å². The minimum absolute atomic E-state index is 0.356. The molecule has 0 saturated carbocycles. The van der Waals surface area contributed by atoms with E-state index < -0.39 is 0 Å². The van der Waals surface area contributed by atoms with Gasteiger partial charge >= 0.3 is 0 Å². The van der Waals surface area contributed by atoms with Gasteiger partial charge in [-0.1, -0.05) is 61.5 Å². The number of nitrogens with one attached hydrogen (secondary N) is 1. The summed E-state index contributed by atoms with van der Waals surface area (Å²) in [6.07, 6.45) is 2.10. The SMILES string of the molecule is CCC(NCCc1ccccc1C)c1ccc(OCCOc2ccccc2)cc1. The lowest BCUT2D eigenvalue weighted by Crippen LogP contribution is -2.23. The molecule has 1 N–H and O–H groups in total. The highest BCUT2D eigenvalue weighted by molar-refractivity contribution is 5.30. The summed E-state index contributed by atoms with van der Waals surface area (Å²) in [5.74, 6) is 1.74. The van der Waals surface area contributed by atoms with Crippen molar-refractivity contribution in [3.63, 3.8) is 0 Å². The van der Waals surface area contributed by atoms with Crippen LogP contribution in [-0.4, -0.2) is 19.8 Å². The lowest BCUT2D eigenvalue weighted by Gasteiger charge is -2.18. The van der Waals surface area contributed by atoms with Crippen molar-refractivity contribution < 1.29 is 9.47 Å². The number of para-hydroxylation sites is 1. The zero-order chi connectivity index (χ0) is 20.3. The monoisotopic (exact) mass is 389 g/mol. The first-order valence-electron chi connectivity index (χ1n) is 10.4. The molecule has 0 aromatic heterocycles. The fourth-order valence-corrected chi connectivity index (χ4v) is 3.40. The predicted octanol–water partition coefficient (Wildman–Crippen LogP) is 5.74. The smallest absolute Gasteiger partial charge is 0.122 e. The van der Waals surface area contributed by atoms with Crippen molar-refractivity contribution in [3.8, 4) is 11.5 Å². The molecular formula is C26H31NO2. The minimum atomic E-state index is 0.356. The van der Waals surface area contributed by atoms with Crippen molar-refractivity contribution in [2.75, 3.05) is 19.8 Å². The molecule has 29 heavy (non-hydrogen) atoms. The van der Waals surface area contributed by atoms with Crippen LogP contribution < -0.4 is 14.8 Å². The summed E-state index contributed by atoms with van der Waals surface area (Å²) in [5, 5.41) is 3.69. The van der Waals surface area contributed by atoms with Crippen molar-refractivity contribution in [3.05, 3.63) is 95.6 Å². The van der Waals surface area contributed by atoms with E-state index in [4.69, 9.17) is 9.47 Å². The maximum atomic E-state index is 5.80. The fourth-order valence-electron chi connectivity index (χ4n) is 3.40. The lowest BCUT2D eigenvalue weighted by atomic mass is 10.0. The van der Waals surface area contributed by atoms with Crippen LogP contribution in [-0.2, 0) is 6.42 Å². The highest BCUT2D eigenvalue weighted by atomic mass is 16.5. The van der Waals surface area contributed by atoms with Crippen molar-refractivity contribution in [2.24, 2.45) is 0 Å². The van der Waals surface area contributed by atoms with Crippen LogP contribution in [0.15, 0.2) is 78.9 Å². The predicted molar refractivity (Wildman–Crippen MR) is 120 cm³/mol. The van der Waals surface area contributed by atoms with Gasteiger partial charge in [-0.2, -0.15) is 0 Å². The third-order valence-corrected chi connectivity index (χ3v) is 5.10.